The zero-order valence-electron chi connectivity index (χ0n) is 13.2. The maximum absolute atomic E-state index is 12.3. The van der Waals surface area contributed by atoms with Gasteiger partial charge in [0.05, 0.1) is 20.0 Å². The Morgan fingerprint density at radius 2 is 1.79 bits per heavy atom. The molecule has 0 aliphatic heterocycles. The molecular formula is C16H17BrINO4S. The lowest BCUT2D eigenvalue weighted by molar-refractivity contribution is 0.390. The first-order chi connectivity index (χ1) is 11.3. The summed E-state index contributed by atoms with van der Waals surface area (Å²) in [6.45, 7) is 0.155. The Morgan fingerprint density at radius 3 is 2.42 bits per heavy atom. The summed E-state index contributed by atoms with van der Waals surface area (Å²) in [6, 6.07) is 10.8. The Labute approximate surface area is 164 Å². The van der Waals surface area contributed by atoms with Crippen LogP contribution in [0.5, 0.6) is 11.5 Å². The first kappa shape index (κ1) is 19.5. The minimum absolute atomic E-state index is 0.0724. The number of benzene rings is 2. The van der Waals surface area contributed by atoms with Crippen LogP contribution in [0.4, 0.5) is 0 Å². The summed E-state index contributed by atoms with van der Waals surface area (Å²) >= 11 is 5.50. The molecule has 0 saturated carbocycles. The van der Waals surface area contributed by atoms with Gasteiger partial charge in [0.2, 0.25) is 10.0 Å². The van der Waals surface area contributed by atoms with Crippen LogP contribution in [0.1, 0.15) is 11.1 Å². The molecule has 0 bridgehead atoms. The Morgan fingerprint density at radius 1 is 1.08 bits per heavy atom. The van der Waals surface area contributed by atoms with Crippen molar-refractivity contribution >= 4 is 48.5 Å². The van der Waals surface area contributed by atoms with Gasteiger partial charge in [-0.25, -0.2) is 13.1 Å². The van der Waals surface area contributed by atoms with Crippen LogP contribution >= 0.6 is 38.5 Å². The number of halogens is 2. The minimum atomic E-state index is -3.47. The molecule has 130 valence electrons. The molecule has 2 aromatic carbocycles. The first-order valence-corrected chi connectivity index (χ1v) is 10.5. The average molecular weight is 526 g/mol. The minimum Gasteiger partial charge on any atom is -0.497 e. The van der Waals surface area contributed by atoms with Gasteiger partial charge in [-0.15, -0.1) is 0 Å². The van der Waals surface area contributed by atoms with E-state index in [0.717, 1.165) is 19.2 Å². The van der Waals surface area contributed by atoms with Gasteiger partial charge in [0.15, 0.2) is 0 Å². The Kier molecular flexibility index (Phi) is 6.90. The molecular weight excluding hydrogens is 509 g/mol. The van der Waals surface area contributed by atoms with Crippen molar-refractivity contribution in [3.63, 3.8) is 0 Å². The summed E-state index contributed by atoms with van der Waals surface area (Å²) in [5, 5.41) is 0. The maximum Gasteiger partial charge on any atom is 0.216 e. The van der Waals surface area contributed by atoms with Gasteiger partial charge in [-0.2, -0.15) is 0 Å². The van der Waals surface area contributed by atoms with E-state index in [1.165, 1.54) is 7.11 Å². The number of rotatable bonds is 7. The van der Waals surface area contributed by atoms with Crippen LogP contribution in [-0.4, -0.2) is 22.6 Å². The van der Waals surface area contributed by atoms with Crippen molar-refractivity contribution in [2.75, 3.05) is 14.2 Å². The van der Waals surface area contributed by atoms with Crippen molar-refractivity contribution in [1.29, 1.82) is 0 Å². The average Bonchev–Trinajstić information content (AvgIpc) is 2.55. The molecule has 5 nitrogen and oxygen atoms in total. The van der Waals surface area contributed by atoms with Crippen LogP contribution in [-0.2, 0) is 22.3 Å². The number of methoxy groups -OCH3 is 2. The lowest BCUT2D eigenvalue weighted by Crippen LogP contribution is -2.25. The Bertz CT molecular complexity index is 827. The predicted molar refractivity (Wildman–Crippen MR) is 106 cm³/mol. The van der Waals surface area contributed by atoms with Gasteiger partial charge in [0, 0.05) is 26.2 Å². The molecule has 0 aliphatic carbocycles. The molecule has 0 amide bonds. The number of ether oxygens (including phenoxy) is 2. The highest BCUT2D eigenvalue weighted by Gasteiger charge is 2.15. The second kappa shape index (κ2) is 8.50. The third kappa shape index (κ3) is 5.33. The van der Waals surface area contributed by atoms with Gasteiger partial charge in [-0.1, -0.05) is 28.1 Å². The molecule has 8 heteroatoms. The zero-order chi connectivity index (χ0) is 17.7. The normalized spacial score (nSPS) is 11.3. The standard InChI is InChI=1S/C16H17BrINO4S/c1-22-14-6-4-11(16(8-14)23-2)9-19-24(20,21)10-12-3-5-13(17)7-15(12)18/h3-8,19H,9-10H2,1-2H3. The highest BCUT2D eigenvalue weighted by Crippen LogP contribution is 2.25. The van der Waals surface area contributed by atoms with Gasteiger partial charge < -0.3 is 9.47 Å². The zero-order valence-corrected chi connectivity index (χ0v) is 17.7. The topological polar surface area (TPSA) is 64.6 Å². The van der Waals surface area contributed by atoms with E-state index in [1.807, 2.05) is 12.1 Å². The second-order valence-corrected chi connectivity index (χ2v) is 8.88. The van der Waals surface area contributed by atoms with E-state index < -0.39 is 10.0 Å². The molecule has 2 aromatic rings. The van der Waals surface area contributed by atoms with Gasteiger partial charge in [0.1, 0.15) is 11.5 Å². The van der Waals surface area contributed by atoms with E-state index in [2.05, 4.69) is 43.2 Å². The Hall–Kier alpha value is -0.840. The molecule has 0 heterocycles. The van der Waals surface area contributed by atoms with Crippen LogP contribution in [0.15, 0.2) is 40.9 Å². The number of nitrogens with one attached hydrogen (secondary N) is 1. The SMILES string of the molecule is COc1ccc(CNS(=O)(=O)Cc2ccc(Br)cc2I)c(OC)c1. The van der Waals surface area contributed by atoms with Gasteiger partial charge in [0.25, 0.3) is 0 Å². The van der Waals surface area contributed by atoms with Crippen LogP contribution in [0.25, 0.3) is 0 Å². The van der Waals surface area contributed by atoms with Crippen molar-refractivity contribution in [2.45, 2.75) is 12.3 Å². The molecule has 24 heavy (non-hydrogen) atoms. The van der Waals surface area contributed by atoms with Crippen LogP contribution in [0, 0.1) is 3.57 Å². The van der Waals surface area contributed by atoms with E-state index in [9.17, 15) is 8.42 Å². The fraction of sp³-hybridized carbons (Fsp3) is 0.250. The summed E-state index contributed by atoms with van der Waals surface area (Å²) in [7, 11) is -0.361. The lowest BCUT2D eigenvalue weighted by atomic mass is 10.2. The van der Waals surface area contributed by atoms with Crippen molar-refractivity contribution in [3.05, 3.63) is 55.6 Å². The van der Waals surface area contributed by atoms with Gasteiger partial charge in [-0.05, 0) is 46.4 Å². The smallest absolute Gasteiger partial charge is 0.216 e. The summed E-state index contributed by atoms with van der Waals surface area (Å²) in [5.74, 6) is 1.16. The first-order valence-electron chi connectivity index (χ1n) is 6.97. The van der Waals surface area contributed by atoms with Crippen molar-refractivity contribution in [1.82, 2.24) is 4.72 Å². The summed E-state index contributed by atoms with van der Waals surface area (Å²) in [4.78, 5) is 0. The number of hydrogen-bond acceptors (Lipinski definition) is 4. The predicted octanol–water partition coefficient (Wildman–Crippen LogP) is 3.69. The third-order valence-electron chi connectivity index (χ3n) is 3.34. The molecule has 0 fully saturated rings. The maximum atomic E-state index is 12.3. The largest absolute Gasteiger partial charge is 0.497 e. The fourth-order valence-electron chi connectivity index (χ4n) is 2.08. The van der Waals surface area contributed by atoms with E-state index in [-0.39, 0.29) is 12.3 Å². The highest BCUT2D eigenvalue weighted by molar-refractivity contribution is 14.1. The molecule has 0 spiro atoms. The monoisotopic (exact) mass is 525 g/mol. The lowest BCUT2D eigenvalue weighted by Gasteiger charge is -2.12. The van der Waals surface area contributed by atoms with Crippen molar-refractivity contribution < 1.29 is 17.9 Å². The van der Waals surface area contributed by atoms with Crippen molar-refractivity contribution in [3.8, 4) is 11.5 Å². The molecule has 1 N–H and O–H groups in total. The molecule has 0 radical (unpaired) electrons. The molecule has 0 unspecified atom stereocenters. The molecule has 0 atom stereocenters. The van der Waals surface area contributed by atoms with E-state index >= 15 is 0 Å². The molecule has 0 saturated heterocycles. The third-order valence-corrected chi connectivity index (χ3v) is 6.11. The van der Waals surface area contributed by atoms with Crippen LogP contribution < -0.4 is 14.2 Å². The van der Waals surface area contributed by atoms with E-state index in [0.29, 0.717) is 11.5 Å². The number of sulfonamides is 1. The molecule has 0 aromatic heterocycles. The summed E-state index contributed by atoms with van der Waals surface area (Å²) in [6.07, 6.45) is 0. The van der Waals surface area contributed by atoms with E-state index in [1.54, 1.807) is 31.4 Å². The summed E-state index contributed by atoms with van der Waals surface area (Å²) in [5.41, 5.74) is 1.50. The highest BCUT2D eigenvalue weighted by atomic mass is 127. The van der Waals surface area contributed by atoms with Crippen LogP contribution in [0.2, 0.25) is 0 Å². The molecule has 0 aliphatic rings. The fourth-order valence-corrected chi connectivity index (χ4v) is 4.97. The molecule has 2 rings (SSSR count). The second-order valence-electron chi connectivity index (χ2n) is 4.99. The quantitative estimate of drug-likeness (QED) is 0.560. The van der Waals surface area contributed by atoms with Gasteiger partial charge in [-0.3, -0.25) is 0 Å². The Balaban J connectivity index is 2.10. The summed E-state index contributed by atoms with van der Waals surface area (Å²) < 4.78 is 39.5. The van der Waals surface area contributed by atoms with Crippen molar-refractivity contribution in [2.24, 2.45) is 0 Å². The van der Waals surface area contributed by atoms with Crippen LogP contribution in [0.3, 0.4) is 0 Å². The number of hydrogen-bond donors (Lipinski definition) is 1. The van der Waals surface area contributed by atoms with E-state index in [4.69, 9.17) is 9.47 Å². The van der Waals surface area contributed by atoms with Gasteiger partial charge >= 0.3 is 0 Å².